The number of alkyl halides is 3. The van der Waals surface area contributed by atoms with E-state index in [1.54, 1.807) is 12.1 Å². The van der Waals surface area contributed by atoms with Crippen LogP contribution in [0.2, 0.25) is 0 Å². The van der Waals surface area contributed by atoms with Crippen molar-refractivity contribution in [2.45, 2.75) is 31.9 Å². The molecule has 116 valence electrons. The third-order valence-electron chi connectivity index (χ3n) is 3.86. The average Bonchev–Trinajstić information content (AvgIpc) is 2.48. The lowest BCUT2D eigenvalue weighted by atomic mass is 10.0. The van der Waals surface area contributed by atoms with Gasteiger partial charge in [-0.25, -0.2) is 4.39 Å². The van der Waals surface area contributed by atoms with Crippen LogP contribution in [0.4, 0.5) is 17.6 Å². The van der Waals surface area contributed by atoms with Crippen molar-refractivity contribution in [2.24, 2.45) is 0 Å². The number of aromatic nitrogens is 1. The summed E-state index contributed by atoms with van der Waals surface area (Å²) in [5.74, 6) is -1.74. The molecule has 0 aliphatic heterocycles. The molecular formula is C16H13F4NO. The van der Waals surface area contributed by atoms with Crippen molar-refractivity contribution < 1.29 is 17.6 Å². The zero-order chi connectivity index (χ0) is 15.9. The van der Waals surface area contributed by atoms with Crippen molar-refractivity contribution in [3.05, 3.63) is 52.1 Å². The van der Waals surface area contributed by atoms with E-state index in [2.05, 4.69) is 0 Å². The molecular weight excluding hydrogens is 298 g/mol. The third-order valence-corrected chi connectivity index (χ3v) is 3.86. The zero-order valence-electron chi connectivity index (χ0n) is 11.6. The Hall–Kier alpha value is -2.11. The van der Waals surface area contributed by atoms with Gasteiger partial charge in [-0.15, -0.1) is 0 Å². The van der Waals surface area contributed by atoms with E-state index in [-0.39, 0.29) is 10.9 Å². The molecule has 1 aliphatic carbocycles. The van der Waals surface area contributed by atoms with E-state index in [4.69, 9.17) is 0 Å². The van der Waals surface area contributed by atoms with E-state index in [1.807, 2.05) is 0 Å². The largest absolute Gasteiger partial charge is 0.420 e. The molecule has 0 atom stereocenters. The molecule has 1 heterocycles. The number of rotatable bonds is 1. The molecule has 6 heteroatoms. The van der Waals surface area contributed by atoms with Gasteiger partial charge in [0.05, 0.1) is 5.52 Å². The minimum atomic E-state index is -4.91. The molecule has 2 aromatic rings. The Bertz CT molecular complexity index is 817. The lowest BCUT2D eigenvalue weighted by Crippen LogP contribution is -2.28. The number of benzene rings is 1. The summed E-state index contributed by atoms with van der Waals surface area (Å²) in [4.78, 5) is 12.2. The van der Waals surface area contributed by atoms with Gasteiger partial charge in [-0.1, -0.05) is 24.3 Å². The quantitative estimate of drug-likeness (QED) is 0.707. The highest BCUT2D eigenvalue weighted by Gasteiger charge is 2.38. The predicted octanol–water partition coefficient (Wildman–Crippen LogP) is 4.57. The highest BCUT2D eigenvalue weighted by atomic mass is 19.4. The van der Waals surface area contributed by atoms with Crippen LogP contribution in [0.5, 0.6) is 0 Å². The van der Waals surface area contributed by atoms with Gasteiger partial charge in [-0.2, -0.15) is 13.2 Å². The van der Waals surface area contributed by atoms with Crippen LogP contribution in [-0.4, -0.2) is 4.57 Å². The van der Waals surface area contributed by atoms with Crippen molar-refractivity contribution >= 4 is 16.6 Å². The minimum absolute atomic E-state index is 0.0920. The molecule has 0 unspecified atom stereocenters. The molecule has 1 aromatic carbocycles. The van der Waals surface area contributed by atoms with Crippen LogP contribution in [0.25, 0.3) is 16.6 Å². The summed E-state index contributed by atoms with van der Waals surface area (Å²) in [6.07, 6.45) is -0.0467. The molecule has 0 fully saturated rings. The Morgan fingerprint density at radius 3 is 2.45 bits per heavy atom. The second-order valence-electron chi connectivity index (χ2n) is 5.29. The van der Waals surface area contributed by atoms with E-state index in [9.17, 15) is 22.4 Å². The smallest absolute Gasteiger partial charge is 0.278 e. The van der Waals surface area contributed by atoms with E-state index < -0.39 is 23.1 Å². The molecule has 0 bridgehead atoms. The number of hydrogen-bond acceptors (Lipinski definition) is 1. The highest BCUT2D eigenvalue weighted by Crippen LogP contribution is 2.36. The normalized spacial score (nSPS) is 15.9. The average molecular weight is 311 g/mol. The van der Waals surface area contributed by atoms with Gasteiger partial charge in [-0.05, 0) is 31.7 Å². The van der Waals surface area contributed by atoms with Crippen LogP contribution in [-0.2, 0) is 6.18 Å². The summed E-state index contributed by atoms with van der Waals surface area (Å²) in [5.41, 5.74) is -2.06. The van der Waals surface area contributed by atoms with Gasteiger partial charge >= 0.3 is 6.18 Å². The molecule has 0 N–H and O–H groups in total. The first-order chi connectivity index (χ1) is 10.4. The molecule has 0 spiro atoms. The second-order valence-corrected chi connectivity index (χ2v) is 5.29. The fraction of sp³-hybridized carbons (Fsp3) is 0.312. The fourth-order valence-electron chi connectivity index (χ4n) is 2.90. The van der Waals surface area contributed by atoms with Crippen LogP contribution < -0.4 is 5.56 Å². The van der Waals surface area contributed by atoms with E-state index in [1.165, 1.54) is 18.2 Å². The maximum absolute atomic E-state index is 14.2. The monoisotopic (exact) mass is 311 g/mol. The first kappa shape index (κ1) is 14.8. The van der Waals surface area contributed by atoms with Gasteiger partial charge in [-0.3, -0.25) is 9.36 Å². The molecule has 3 rings (SSSR count). The molecule has 0 saturated heterocycles. The van der Waals surface area contributed by atoms with Crippen molar-refractivity contribution in [3.8, 4) is 0 Å². The van der Waals surface area contributed by atoms with Crippen LogP contribution in [0, 0.1) is 5.82 Å². The summed E-state index contributed by atoms with van der Waals surface area (Å²) in [6, 6.07) is 5.56. The van der Waals surface area contributed by atoms with Gasteiger partial charge in [0.1, 0.15) is 5.56 Å². The summed E-state index contributed by atoms with van der Waals surface area (Å²) in [7, 11) is 0. The Balaban J connectivity index is 2.43. The molecule has 2 nitrogen and oxygen atoms in total. The Morgan fingerprint density at radius 2 is 1.82 bits per heavy atom. The number of allylic oxidation sites excluding steroid dienone is 2. The Labute approximate surface area is 123 Å². The predicted molar refractivity (Wildman–Crippen MR) is 75.9 cm³/mol. The number of hydrogen-bond donors (Lipinski definition) is 0. The molecule has 22 heavy (non-hydrogen) atoms. The number of halogens is 4. The summed E-state index contributed by atoms with van der Waals surface area (Å²) < 4.78 is 54.6. The van der Waals surface area contributed by atoms with Gasteiger partial charge < -0.3 is 0 Å². The SMILES string of the molecule is O=c1c(F)c(C(F)(F)F)c2ccccc2n1C1=CCCCC1. The maximum Gasteiger partial charge on any atom is 0.420 e. The first-order valence-corrected chi connectivity index (χ1v) is 7.01. The highest BCUT2D eigenvalue weighted by molar-refractivity contribution is 5.86. The lowest BCUT2D eigenvalue weighted by molar-refractivity contribution is -0.138. The molecule has 1 aromatic heterocycles. The van der Waals surface area contributed by atoms with Gasteiger partial charge in [0, 0.05) is 11.1 Å². The van der Waals surface area contributed by atoms with Crippen molar-refractivity contribution in [2.75, 3.05) is 0 Å². The fourth-order valence-corrected chi connectivity index (χ4v) is 2.90. The van der Waals surface area contributed by atoms with Crippen LogP contribution in [0.3, 0.4) is 0 Å². The van der Waals surface area contributed by atoms with Crippen LogP contribution >= 0.6 is 0 Å². The molecule has 0 amide bonds. The maximum atomic E-state index is 14.2. The minimum Gasteiger partial charge on any atom is -0.278 e. The van der Waals surface area contributed by atoms with Gasteiger partial charge in [0.15, 0.2) is 0 Å². The van der Waals surface area contributed by atoms with Gasteiger partial charge in [0.25, 0.3) is 5.56 Å². The van der Waals surface area contributed by atoms with Crippen molar-refractivity contribution in [1.29, 1.82) is 0 Å². The first-order valence-electron chi connectivity index (χ1n) is 7.01. The number of pyridine rings is 1. The second kappa shape index (κ2) is 5.26. The van der Waals surface area contributed by atoms with E-state index >= 15 is 0 Å². The van der Waals surface area contributed by atoms with Gasteiger partial charge in [0.2, 0.25) is 5.82 Å². The van der Waals surface area contributed by atoms with Crippen molar-refractivity contribution in [1.82, 2.24) is 4.57 Å². The molecule has 0 saturated carbocycles. The lowest BCUT2D eigenvalue weighted by Gasteiger charge is -2.20. The Morgan fingerprint density at radius 1 is 1.09 bits per heavy atom. The molecule has 1 aliphatic rings. The van der Waals surface area contributed by atoms with Crippen LogP contribution in [0.15, 0.2) is 35.1 Å². The standard InChI is InChI=1S/C16H13F4NO/c17-14-13(16(18,19)20)11-8-4-5-9-12(11)21(15(14)22)10-6-2-1-3-7-10/h4-6,8-9H,1-3,7H2. The topological polar surface area (TPSA) is 22.0 Å². The van der Waals surface area contributed by atoms with Crippen LogP contribution in [0.1, 0.15) is 31.2 Å². The third kappa shape index (κ3) is 2.32. The molecule has 0 radical (unpaired) electrons. The number of para-hydroxylation sites is 1. The van der Waals surface area contributed by atoms with E-state index in [0.717, 1.165) is 23.8 Å². The zero-order valence-corrected chi connectivity index (χ0v) is 11.6. The van der Waals surface area contributed by atoms with E-state index in [0.29, 0.717) is 12.1 Å². The van der Waals surface area contributed by atoms with Crippen molar-refractivity contribution in [3.63, 3.8) is 0 Å². The summed E-state index contributed by atoms with van der Waals surface area (Å²) in [5, 5.41) is -0.293. The number of nitrogens with zero attached hydrogens (tertiary/aromatic N) is 1. The number of fused-ring (bicyclic) bond motifs is 1. The Kier molecular flexibility index (Phi) is 3.54. The summed E-state index contributed by atoms with van der Waals surface area (Å²) in [6.45, 7) is 0. The summed E-state index contributed by atoms with van der Waals surface area (Å²) >= 11 is 0.